The molecule has 0 radical (unpaired) electrons. The van der Waals surface area contributed by atoms with Gasteiger partial charge in [0.1, 0.15) is 11.4 Å². The number of carbonyl (C=O) groups is 2. The van der Waals surface area contributed by atoms with E-state index in [9.17, 15) is 18.0 Å². The molecule has 12 heteroatoms. The number of rotatable bonds is 6. The van der Waals surface area contributed by atoms with E-state index in [1.807, 2.05) is 0 Å². The van der Waals surface area contributed by atoms with E-state index in [2.05, 4.69) is 9.97 Å². The van der Waals surface area contributed by atoms with Crippen molar-refractivity contribution in [3.8, 4) is 17.0 Å². The van der Waals surface area contributed by atoms with Crippen LogP contribution in [0.15, 0.2) is 41.6 Å². The van der Waals surface area contributed by atoms with E-state index in [4.69, 9.17) is 32.7 Å². The smallest absolute Gasteiger partial charge is 0.338 e. The highest BCUT2D eigenvalue weighted by molar-refractivity contribution is 7.90. The molecular formula is C23H19Cl2N3O6S. The van der Waals surface area contributed by atoms with Gasteiger partial charge in [-0.3, -0.25) is 4.79 Å². The van der Waals surface area contributed by atoms with Gasteiger partial charge in [-0.25, -0.2) is 23.2 Å². The van der Waals surface area contributed by atoms with Crippen molar-refractivity contribution >= 4 is 50.6 Å². The second-order valence-corrected chi connectivity index (χ2v) is 10.3. The molecule has 1 amide bonds. The molecule has 0 unspecified atom stereocenters. The van der Waals surface area contributed by atoms with Crippen molar-refractivity contribution in [2.45, 2.75) is 18.6 Å². The Morgan fingerprint density at radius 3 is 2.34 bits per heavy atom. The lowest BCUT2D eigenvalue weighted by Gasteiger charge is -2.16. The number of amides is 1. The first-order valence-corrected chi connectivity index (χ1v) is 12.9. The van der Waals surface area contributed by atoms with Gasteiger partial charge in [0, 0.05) is 23.1 Å². The quantitative estimate of drug-likeness (QED) is 0.340. The second kappa shape index (κ2) is 9.44. The van der Waals surface area contributed by atoms with Crippen LogP contribution in [0, 0.1) is 0 Å². The van der Waals surface area contributed by atoms with E-state index in [-0.39, 0.29) is 34.6 Å². The molecule has 0 aliphatic carbocycles. The summed E-state index contributed by atoms with van der Waals surface area (Å²) in [5.41, 5.74) is 1.66. The zero-order valence-corrected chi connectivity index (χ0v) is 21.2. The largest absolute Gasteiger partial charge is 0.495 e. The lowest BCUT2D eigenvalue weighted by atomic mass is 10.1. The van der Waals surface area contributed by atoms with Crippen LogP contribution in [0.1, 0.15) is 33.3 Å². The lowest BCUT2D eigenvalue weighted by Crippen LogP contribution is -2.23. The van der Waals surface area contributed by atoms with Crippen LogP contribution in [0.25, 0.3) is 11.3 Å². The highest BCUT2D eigenvalue weighted by Gasteiger charge is 2.36. The molecule has 2 heterocycles. The van der Waals surface area contributed by atoms with Crippen molar-refractivity contribution in [3.05, 3.63) is 63.3 Å². The Kier molecular flexibility index (Phi) is 6.72. The third kappa shape index (κ3) is 4.69. The summed E-state index contributed by atoms with van der Waals surface area (Å²) in [5.74, 6) is -0.697. The fourth-order valence-corrected chi connectivity index (χ4v) is 4.67. The number of hydrogen-bond acceptors (Lipinski definition) is 8. The standard InChI is InChI=1S/C23H19Cl2N3O6S/c1-4-34-22(30)12-5-7-13(8-6-12)28-11-15-19(14-9-18(33-2)17(25)10-16(14)24)26-23(35(3,31)32)27-20(15)21(28)29/h5-10H,4,11H2,1-3H3. The summed E-state index contributed by atoms with van der Waals surface area (Å²) in [6, 6.07) is 9.26. The van der Waals surface area contributed by atoms with Gasteiger partial charge in [-0.2, -0.15) is 0 Å². The molecule has 182 valence electrons. The molecule has 0 spiro atoms. The maximum Gasteiger partial charge on any atom is 0.338 e. The summed E-state index contributed by atoms with van der Waals surface area (Å²) in [7, 11) is -2.44. The van der Waals surface area contributed by atoms with Gasteiger partial charge in [0.15, 0.2) is 0 Å². The van der Waals surface area contributed by atoms with E-state index in [1.165, 1.54) is 24.1 Å². The molecule has 1 aromatic heterocycles. The number of methoxy groups -OCH3 is 1. The molecule has 0 bridgehead atoms. The normalized spacial score (nSPS) is 13.1. The van der Waals surface area contributed by atoms with Gasteiger partial charge in [-0.1, -0.05) is 23.2 Å². The first-order valence-electron chi connectivity index (χ1n) is 10.3. The Balaban J connectivity index is 1.84. The van der Waals surface area contributed by atoms with Crippen LogP contribution in [0.3, 0.4) is 0 Å². The molecule has 1 aliphatic rings. The number of nitrogens with zero attached hydrogens (tertiary/aromatic N) is 3. The van der Waals surface area contributed by atoms with Crippen molar-refractivity contribution in [1.82, 2.24) is 9.97 Å². The summed E-state index contributed by atoms with van der Waals surface area (Å²) in [4.78, 5) is 35.0. The van der Waals surface area contributed by atoms with Crippen LogP contribution in [0.5, 0.6) is 5.75 Å². The van der Waals surface area contributed by atoms with Crippen LogP contribution < -0.4 is 9.64 Å². The number of carbonyl (C=O) groups excluding carboxylic acids is 2. The predicted octanol–water partition coefficient (Wildman–Crippen LogP) is 4.20. The topological polar surface area (TPSA) is 116 Å². The number of hydrogen-bond donors (Lipinski definition) is 0. The SMILES string of the molecule is CCOC(=O)c1ccc(N2Cc3c(nc(S(C)(=O)=O)nc3-c3cc(OC)c(Cl)cc3Cl)C2=O)cc1. The molecule has 0 N–H and O–H groups in total. The van der Waals surface area contributed by atoms with Crippen LogP contribution >= 0.6 is 23.2 Å². The van der Waals surface area contributed by atoms with E-state index < -0.39 is 26.9 Å². The zero-order chi connectivity index (χ0) is 25.5. The minimum Gasteiger partial charge on any atom is -0.495 e. The Morgan fingerprint density at radius 2 is 1.74 bits per heavy atom. The highest BCUT2D eigenvalue weighted by Crippen LogP contribution is 2.40. The second-order valence-electron chi connectivity index (χ2n) is 7.58. The Morgan fingerprint density at radius 1 is 1.09 bits per heavy atom. The summed E-state index contributed by atoms with van der Waals surface area (Å²) in [6.45, 7) is 1.99. The fourth-order valence-electron chi connectivity index (χ4n) is 3.60. The van der Waals surface area contributed by atoms with Crippen molar-refractivity contribution in [2.24, 2.45) is 0 Å². The van der Waals surface area contributed by atoms with Gasteiger partial charge in [-0.05, 0) is 43.3 Å². The molecule has 9 nitrogen and oxygen atoms in total. The van der Waals surface area contributed by atoms with Crippen molar-refractivity contribution in [2.75, 3.05) is 24.9 Å². The molecule has 0 saturated carbocycles. The van der Waals surface area contributed by atoms with Crippen molar-refractivity contribution in [3.63, 3.8) is 0 Å². The Bertz CT molecular complexity index is 1460. The van der Waals surface area contributed by atoms with Gasteiger partial charge in [0.25, 0.3) is 5.91 Å². The molecule has 2 aromatic carbocycles. The summed E-state index contributed by atoms with van der Waals surface area (Å²) >= 11 is 12.6. The number of aromatic nitrogens is 2. The molecule has 0 saturated heterocycles. The number of sulfone groups is 1. The van der Waals surface area contributed by atoms with Crippen molar-refractivity contribution in [1.29, 1.82) is 0 Å². The van der Waals surface area contributed by atoms with Gasteiger partial charge < -0.3 is 14.4 Å². The summed E-state index contributed by atoms with van der Waals surface area (Å²) < 4.78 is 34.9. The molecule has 3 aromatic rings. The molecule has 35 heavy (non-hydrogen) atoms. The summed E-state index contributed by atoms with van der Waals surface area (Å²) in [5, 5.41) is -0.0559. The Hall–Kier alpha value is -3.21. The molecule has 1 aliphatic heterocycles. The van der Waals surface area contributed by atoms with Gasteiger partial charge in [0.2, 0.25) is 15.0 Å². The van der Waals surface area contributed by atoms with E-state index in [1.54, 1.807) is 31.2 Å². The van der Waals surface area contributed by atoms with E-state index >= 15 is 0 Å². The van der Waals surface area contributed by atoms with Gasteiger partial charge in [0.05, 0.1) is 41.6 Å². The third-order valence-electron chi connectivity index (χ3n) is 5.27. The zero-order valence-electron chi connectivity index (χ0n) is 18.8. The number of benzene rings is 2. The highest BCUT2D eigenvalue weighted by atomic mass is 35.5. The summed E-state index contributed by atoms with van der Waals surface area (Å²) in [6.07, 6.45) is 0.952. The van der Waals surface area contributed by atoms with Crippen molar-refractivity contribution < 1.29 is 27.5 Å². The first kappa shape index (κ1) is 24.9. The predicted molar refractivity (Wildman–Crippen MR) is 130 cm³/mol. The molecular weight excluding hydrogens is 517 g/mol. The van der Waals surface area contributed by atoms with Gasteiger partial charge >= 0.3 is 5.97 Å². The van der Waals surface area contributed by atoms with E-state index in [0.717, 1.165) is 6.26 Å². The molecule has 4 rings (SSSR count). The average Bonchev–Trinajstić information content (AvgIpc) is 3.15. The third-order valence-corrected chi connectivity index (χ3v) is 6.72. The average molecular weight is 536 g/mol. The van der Waals surface area contributed by atoms with E-state index in [0.29, 0.717) is 28.1 Å². The van der Waals surface area contributed by atoms with Crippen LogP contribution in [-0.2, 0) is 21.1 Å². The molecule has 0 fully saturated rings. The number of ether oxygens (including phenoxy) is 2. The lowest BCUT2D eigenvalue weighted by molar-refractivity contribution is 0.0526. The number of esters is 1. The number of anilines is 1. The monoisotopic (exact) mass is 535 g/mol. The number of halogens is 2. The van der Waals surface area contributed by atoms with Gasteiger partial charge in [-0.15, -0.1) is 0 Å². The Labute approximate surface area is 211 Å². The number of fused-ring (bicyclic) bond motifs is 1. The van der Waals surface area contributed by atoms with Crippen LogP contribution in [0.4, 0.5) is 5.69 Å². The minimum absolute atomic E-state index is 0.0492. The first-order chi connectivity index (χ1) is 16.5. The molecule has 0 atom stereocenters. The minimum atomic E-state index is -3.86. The van der Waals surface area contributed by atoms with Crippen LogP contribution in [-0.4, -0.2) is 50.2 Å². The maximum atomic E-state index is 13.3. The maximum absolute atomic E-state index is 13.3. The van der Waals surface area contributed by atoms with Crippen LogP contribution in [0.2, 0.25) is 10.0 Å². The fraction of sp³-hybridized carbons (Fsp3) is 0.217.